The Labute approximate surface area is 116 Å². The van der Waals surface area contributed by atoms with Gasteiger partial charge in [0.1, 0.15) is 5.82 Å². The summed E-state index contributed by atoms with van der Waals surface area (Å²) in [5.74, 6) is 0.368. The van der Waals surface area contributed by atoms with Gasteiger partial charge in [0.15, 0.2) is 0 Å². The molecule has 0 radical (unpaired) electrons. The van der Waals surface area contributed by atoms with E-state index >= 15 is 0 Å². The van der Waals surface area contributed by atoms with Gasteiger partial charge in [0.05, 0.1) is 19.3 Å². The Morgan fingerprint density at radius 1 is 1.50 bits per heavy atom. The van der Waals surface area contributed by atoms with E-state index in [1.165, 1.54) is 13.3 Å². The van der Waals surface area contributed by atoms with Crippen LogP contribution in [0.15, 0.2) is 24.7 Å². The van der Waals surface area contributed by atoms with Crippen molar-refractivity contribution in [1.29, 1.82) is 0 Å². The highest BCUT2D eigenvalue weighted by atomic mass is 16.5. The summed E-state index contributed by atoms with van der Waals surface area (Å²) in [4.78, 5) is 19.7. The maximum atomic E-state index is 11.9. The first-order valence-electron chi connectivity index (χ1n) is 6.01. The van der Waals surface area contributed by atoms with Crippen molar-refractivity contribution in [1.82, 2.24) is 25.1 Å². The number of methoxy groups -OCH3 is 1. The second-order valence-corrected chi connectivity index (χ2v) is 4.20. The Balaban J connectivity index is 1.95. The van der Waals surface area contributed by atoms with Gasteiger partial charge < -0.3 is 10.1 Å². The maximum Gasteiger partial charge on any atom is 0.320 e. The fourth-order valence-corrected chi connectivity index (χ4v) is 1.60. The topological polar surface area (TPSA) is 94.0 Å². The molecule has 0 fully saturated rings. The van der Waals surface area contributed by atoms with Crippen molar-refractivity contribution in [3.05, 3.63) is 30.2 Å². The van der Waals surface area contributed by atoms with Crippen LogP contribution < -0.4 is 15.4 Å². The Hall–Kier alpha value is -2.64. The van der Waals surface area contributed by atoms with Crippen LogP contribution >= 0.6 is 0 Å². The van der Waals surface area contributed by atoms with Crippen LogP contribution in [0.2, 0.25) is 0 Å². The van der Waals surface area contributed by atoms with Gasteiger partial charge in [-0.3, -0.25) is 10.00 Å². The van der Waals surface area contributed by atoms with Crippen LogP contribution in [0.4, 0.5) is 10.6 Å². The first kappa shape index (κ1) is 13.8. The van der Waals surface area contributed by atoms with Crippen LogP contribution in [-0.4, -0.2) is 32.9 Å². The van der Waals surface area contributed by atoms with Gasteiger partial charge in [-0.15, -0.1) is 0 Å². The monoisotopic (exact) mass is 276 g/mol. The molecule has 0 aliphatic rings. The van der Waals surface area contributed by atoms with Gasteiger partial charge in [-0.2, -0.15) is 10.1 Å². The highest BCUT2D eigenvalue weighted by Gasteiger charge is 2.11. The number of hydrogen-bond donors (Lipinski definition) is 2. The minimum Gasteiger partial charge on any atom is -0.467 e. The van der Waals surface area contributed by atoms with E-state index in [2.05, 4.69) is 25.7 Å². The van der Waals surface area contributed by atoms with Crippen molar-refractivity contribution in [2.24, 2.45) is 7.05 Å². The third kappa shape index (κ3) is 3.44. The molecule has 0 saturated heterocycles. The number of anilines is 1. The molecule has 2 aromatic rings. The van der Waals surface area contributed by atoms with Crippen LogP contribution in [0.3, 0.4) is 0 Å². The largest absolute Gasteiger partial charge is 0.467 e. The molecule has 2 rings (SSSR count). The number of ether oxygens (including phenoxy) is 1. The van der Waals surface area contributed by atoms with E-state index in [0.29, 0.717) is 5.82 Å². The zero-order valence-electron chi connectivity index (χ0n) is 11.5. The number of urea groups is 1. The first-order chi connectivity index (χ1) is 9.58. The third-order valence-electron chi connectivity index (χ3n) is 2.63. The minimum atomic E-state index is -0.359. The standard InChI is InChI=1S/C12H16N6O2/c1-8(9-6-14-18(2)7-9)15-11(19)16-10-4-5-13-12(17-10)20-3/h4-8H,1-3H3,(H2,13,15,16,17,19)/t8-/m0/s1. The molecule has 106 valence electrons. The zero-order chi connectivity index (χ0) is 14.5. The van der Waals surface area contributed by atoms with E-state index in [9.17, 15) is 4.79 Å². The number of carbonyl (C=O) groups excluding carboxylic acids is 1. The second-order valence-electron chi connectivity index (χ2n) is 4.20. The van der Waals surface area contributed by atoms with Gasteiger partial charge >= 0.3 is 12.0 Å². The Morgan fingerprint density at radius 3 is 2.95 bits per heavy atom. The number of carbonyl (C=O) groups is 1. The van der Waals surface area contributed by atoms with Crippen molar-refractivity contribution in [2.45, 2.75) is 13.0 Å². The Bertz CT molecular complexity index is 597. The summed E-state index contributed by atoms with van der Waals surface area (Å²) in [6, 6.07) is 1.26. The number of amides is 2. The maximum absolute atomic E-state index is 11.9. The van der Waals surface area contributed by atoms with Crippen molar-refractivity contribution < 1.29 is 9.53 Å². The van der Waals surface area contributed by atoms with Gasteiger partial charge in [-0.25, -0.2) is 9.78 Å². The average Bonchev–Trinajstić information content (AvgIpc) is 2.85. The lowest BCUT2D eigenvalue weighted by Crippen LogP contribution is -2.31. The molecular weight excluding hydrogens is 260 g/mol. The molecular formula is C12H16N6O2. The van der Waals surface area contributed by atoms with Gasteiger partial charge in [-0.05, 0) is 13.0 Å². The Kier molecular flexibility index (Phi) is 4.14. The normalized spacial score (nSPS) is 11.8. The molecule has 0 aliphatic carbocycles. The lowest BCUT2D eigenvalue weighted by molar-refractivity contribution is 0.249. The molecule has 2 amide bonds. The number of aryl methyl sites for hydroxylation is 1. The smallest absolute Gasteiger partial charge is 0.320 e. The summed E-state index contributed by atoms with van der Waals surface area (Å²) < 4.78 is 6.57. The van der Waals surface area contributed by atoms with Crippen LogP contribution in [0.25, 0.3) is 0 Å². The van der Waals surface area contributed by atoms with Crippen LogP contribution in [0.5, 0.6) is 6.01 Å². The van der Waals surface area contributed by atoms with E-state index in [1.807, 2.05) is 20.2 Å². The van der Waals surface area contributed by atoms with E-state index in [4.69, 9.17) is 4.74 Å². The highest BCUT2D eigenvalue weighted by Crippen LogP contribution is 2.11. The van der Waals surface area contributed by atoms with Gasteiger partial charge in [0.25, 0.3) is 0 Å². The molecule has 2 N–H and O–H groups in total. The zero-order valence-corrected chi connectivity index (χ0v) is 11.5. The van der Waals surface area contributed by atoms with Crippen LogP contribution in [-0.2, 0) is 7.05 Å². The lowest BCUT2D eigenvalue weighted by Gasteiger charge is -2.12. The van der Waals surface area contributed by atoms with E-state index in [1.54, 1.807) is 16.9 Å². The van der Waals surface area contributed by atoms with E-state index in [-0.39, 0.29) is 18.1 Å². The number of nitrogens with zero attached hydrogens (tertiary/aromatic N) is 4. The molecule has 2 heterocycles. The Morgan fingerprint density at radius 2 is 2.30 bits per heavy atom. The van der Waals surface area contributed by atoms with Gasteiger partial charge in [0, 0.05) is 25.0 Å². The van der Waals surface area contributed by atoms with Crippen molar-refractivity contribution in [3.63, 3.8) is 0 Å². The number of nitrogens with one attached hydrogen (secondary N) is 2. The molecule has 8 nitrogen and oxygen atoms in total. The van der Waals surface area contributed by atoms with Crippen molar-refractivity contribution >= 4 is 11.8 Å². The third-order valence-corrected chi connectivity index (χ3v) is 2.63. The predicted molar refractivity (Wildman–Crippen MR) is 72.4 cm³/mol. The summed E-state index contributed by atoms with van der Waals surface area (Å²) in [6.45, 7) is 1.87. The van der Waals surface area contributed by atoms with E-state index < -0.39 is 0 Å². The molecule has 20 heavy (non-hydrogen) atoms. The molecule has 0 bridgehead atoms. The average molecular weight is 276 g/mol. The summed E-state index contributed by atoms with van der Waals surface area (Å²) in [5, 5.41) is 9.47. The predicted octanol–water partition coefficient (Wildman–Crippen LogP) is 1.10. The molecule has 0 aliphatic heterocycles. The second kappa shape index (κ2) is 6.00. The molecule has 8 heteroatoms. The lowest BCUT2D eigenvalue weighted by atomic mass is 10.2. The summed E-state index contributed by atoms with van der Waals surface area (Å²) in [6.07, 6.45) is 5.06. The van der Waals surface area contributed by atoms with Crippen molar-refractivity contribution in [3.8, 4) is 6.01 Å². The quantitative estimate of drug-likeness (QED) is 0.872. The highest BCUT2D eigenvalue weighted by molar-refractivity contribution is 5.88. The van der Waals surface area contributed by atoms with Gasteiger partial charge in [-0.1, -0.05) is 0 Å². The molecule has 0 saturated carbocycles. The summed E-state index contributed by atoms with van der Waals surface area (Å²) in [5.41, 5.74) is 0.919. The fourth-order valence-electron chi connectivity index (χ4n) is 1.60. The fraction of sp³-hybridized carbons (Fsp3) is 0.333. The SMILES string of the molecule is COc1nccc(NC(=O)N[C@@H](C)c2cnn(C)c2)n1. The molecule has 1 atom stereocenters. The number of aromatic nitrogens is 4. The summed E-state index contributed by atoms with van der Waals surface area (Å²) >= 11 is 0. The van der Waals surface area contributed by atoms with Crippen LogP contribution in [0, 0.1) is 0 Å². The molecule has 0 aromatic carbocycles. The minimum absolute atomic E-state index is 0.160. The molecule has 0 spiro atoms. The number of rotatable bonds is 4. The number of hydrogen-bond acceptors (Lipinski definition) is 5. The molecule has 2 aromatic heterocycles. The van der Waals surface area contributed by atoms with Crippen LogP contribution in [0.1, 0.15) is 18.5 Å². The first-order valence-corrected chi connectivity index (χ1v) is 6.01. The van der Waals surface area contributed by atoms with Crippen molar-refractivity contribution in [2.75, 3.05) is 12.4 Å². The molecule has 0 unspecified atom stereocenters. The van der Waals surface area contributed by atoms with E-state index in [0.717, 1.165) is 5.56 Å². The summed E-state index contributed by atoms with van der Waals surface area (Å²) in [7, 11) is 3.28. The van der Waals surface area contributed by atoms with Gasteiger partial charge in [0.2, 0.25) is 0 Å².